The molecule has 0 aliphatic heterocycles. The molecule has 2 rings (SSSR count). The van der Waals surface area contributed by atoms with Gasteiger partial charge in [0.1, 0.15) is 17.7 Å². The van der Waals surface area contributed by atoms with E-state index in [0.29, 0.717) is 16.9 Å². The number of benzene rings is 2. The average molecular weight is 295 g/mol. The van der Waals surface area contributed by atoms with E-state index in [9.17, 15) is 9.50 Å². The molecule has 1 unspecified atom stereocenters. The van der Waals surface area contributed by atoms with E-state index in [1.165, 1.54) is 19.2 Å². The van der Waals surface area contributed by atoms with Gasteiger partial charge >= 0.3 is 0 Å². The van der Waals surface area contributed by atoms with Gasteiger partial charge in [0.25, 0.3) is 0 Å². The Bertz CT molecular complexity index is 641. The van der Waals surface area contributed by atoms with Crippen molar-refractivity contribution in [3.8, 4) is 5.75 Å². The molecule has 2 nitrogen and oxygen atoms in total. The topological polar surface area (TPSA) is 29.5 Å². The summed E-state index contributed by atoms with van der Waals surface area (Å²) in [4.78, 5) is 0. The lowest BCUT2D eigenvalue weighted by atomic mass is 9.95. The summed E-state index contributed by atoms with van der Waals surface area (Å²) in [5, 5.41) is 10.5. The van der Waals surface area contributed by atoms with Crippen molar-refractivity contribution in [2.24, 2.45) is 0 Å². The first-order chi connectivity index (χ1) is 9.45. The van der Waals surface area contributed by atoms with Gasteiger partial charge in [-0.15, -0.1) is 0 Å². The van der Waals surface area contributed by atoms with Crippen LogP contribution in [0.5, 0.6) is 5.75 Å². The second-order valence-electron chi connectivity index (χ2n) is 4.74. The zero-order valence-electron chi connectivity index (χ0n) is 11.6. The molecule has 0 aliphatic carbocycles. The molecule has 0 radical (unpaired) electrons. The van der Waals surface area contributed by atoms with E-state index in [2.05, 4.69) is 0 Å². The van der Waals surface area contributed by atoms with Crippen LogP contribution in [-0.4, -0.2) is 12.2 Å². The van der Waals surface area contributed by atoms with E-state index in [-0.39, 0.29) is 5.02 Å². The molecule has 0 aliphatic rings. The Morgan fingerprint density at radius 1 is 1.25 bits per heavy atom. The molecule has 0 fully saturated rings. The average Bonchev–Trinajstić information content (AvgIpc) is 2.40. The van der Waals surface area contributed by atoms with Gasteiger partial charge < -0.3 is 9.84 Å². The number of halogens is 2. The zero-order valence-corrected chi connectivity index (χ0v) is 12.3. The monoisotopic (exact) mass is 294 g/mol. The van der Waals surface area contributed by atoms with Crippen LogP contribution in [0, 0.1) is 19.7 Å². The van der Waals surface area contributed by atoms with Crippen molar-refractivity contribution in [3.63, 3.8) is 0 Å². The first-order valence-electron chi connectivity index (χ1n) is 6.22. The quantitative estimate of drug-likeness (QED) is 0.920. The van der Waals surface area contributed by atoms with E-state index in [1.807, 2.05) is 26.0 Å². The maximum Gasteiger partial charge on any atom is 0.142 e. The fourth-order valence-electron chi connectivity index (χ4n) is 2.35. The lowest BCUT2D eigenvalue weighted by Crippen LogP contribution is -2.06. The van der Waals surface area contributed by atoms with Crippen LogP contribution in [0.1, 0.15) is 28.4 Å². The predicted molar refractivity (Wildman–Crippen MR) is 77.9 cm³/mol. The van der Waals surface area contributed by atoms with Gasteiger partial charge in [0.05, 0.1) is 12.1 Å². The highest BCUT2D eigenvalue weighted by Crippen LogP contribution is 2.37. The third-order valence-electron chi connectivity index (χ3n) is 3.26. The SMILES string of the molecule is COc1cc(C)cc(C)c1C(O)c1cccc(F)c1Cl. The molecule has 0 bridgehead atoms. The van der Waals surface area contributed by atoms with Crippen molar-refractivity contribution in [2.75, 3.05) is 7.11 Å². The summed E-state index contributed by atoms with van der Waals surface area (Å²) in [6, 6.07) is 8.16. The molecule has 1 N–H and O–H groups in total. The third-order valence-corrected chi connectivity index (χ3v) is 3.66. The molecule has 2 aromatic rings. The van der Waals surface area contributed by atoms with Crippen LogP contribution in [0.15, 0.2) is 30.3 Å². The summed E-state index contributed by atoms with van der Waals surface area (Å²) in [7, 11) is 1.54. The summed E-state index contributed by atoms with van der Waals surface area (Å²) in [6.07, 6.45) is -1.03. The lowest BCUT2D eigenvalue weighted by molar-refractivity contribution is 0.213. The Kier molecular flexibility index (Phi) is 4.31. The molecule has 0 spiro atoms. The normalized spacial score (nSPS) is 12.3. The van der Waals surface area contributed by atoms with Crippen LogP contribution in [0.2, 0.25) is 5.02 Å². The molecule has 0 aromatic heterocycles. The second kappa shape index (κ2) is 5.81. The van der Waals surface area contributed by atoms with Gasteiger partial charge in [-0.3, -0.25) is 0 Å². The highest BCUT2D eigenvalue weighted by Gasteiger charge is 2.21. The summed E-state index contributed by atoms with van der Waals surface area (Å²) in [6.45, 7) is 3.82. The fraction of sp³-hybridized carbons (Fsp3) is 0.250. The zero-order chi connectivity index (χ0) is 14.9. The van der Waals surface area contributed by atoms with E-state index in [1.54, 1.807) is 6.07 Å². The first kappa shape index (κ1) is 14.8. The van der Waals surface area contributed by atoms with Crippen LogP contribution in [0.25, 0.3) is 0 Å². The van der Waals surface area contributed by atoms with Gasteiger partial charge in [0.15, 0.2) is 0 Å². The van der Waals surface area contributed by atoms with Gasteiger partial charge in [-0.1, -0.05) is 29.8 Å². The number of aliphatic hydroxyl groups excluding tert-OH is 1. The summed E-state index contributed by atoms with van der Waals surface area (Å²) in [5.74, 6) is 0.0160. The number of aliphatic hydroxyl groups is 1. The lowest BCUT2D eigenvalue weighted by Gasteiger charge is -2.19. The molecule has 0 heterocycles. The maximum atomic E-state index is 13.5. The van der Waals surface area contributed by atoms with Crippen molar-refractivity contribution < 1.29 is 14.2 Å². The van der Waals surface area contributed by atoms with Crippen LogP contribution in [0.3, 0.4) is 0 Å². The Morgan fingerprint density at radius 2 is 1.95 bits per heavy atom. The Hall–Kier alpha value is -1.58. The minimum Gasteiger partial charge on any atom is -0.496 e. The van der Waals surface area contributed by atoms with Crippen molar-refractivity contribution in [1.82, 2.24) is 0 Å². The Morgan fingerprint density at radius 3 is 2.60 bits per heavy atom. The van der Waals surface area contributed by atoms with Crippen molar-refractivity contribution in [3.05, 3.63) is 63.4 Å². The molecule has 106 valence electrons. The van der Waals surface area contributed by atoms with Gasteiger partial charge in [0, 0.05) is 11.1 Å². The molecule has 4 heteroatoms. The predicted octanol–water partition coefficient (Wildman–Crippen LogP) is 4.19. The molecule has 0 saturated heterocycles. The number of hydrogen-bond donors (Lipinski definition) is 1. The number of hydrogen-bond acceptors (Lipinski definition) is 2. The van der Waals surface area contributed by atoms with Crippen LogP contribution < -0.4 is 4.74 Å². The summed E-state index contributed by atoms with van der Waals surface area (Å²) < 4.78 is 18.9. The fourth-order valence-corrected chi connectivity index (χ4v) is 2.58. The molecular weight excluding hydrogens is 279 g/mol. The third kappa shape index (κ3) is 2.65. The Labute approximate surface area is 122 Å². The molecule has 20 heavy (non-hydrogen) atoms. The molecule has 1 atom stereocenters. The molecular formula is C16H16ClFO2. The number of aryl methyl sites for hydroxylation is 2. The van der Waals surface area contributed by atoms with Crippen LogP contribution >= 0.6 is 11.6 Å². The van der Waals surface area contributed by atoms with E-state index in [0.717, 1.165) is 11.1 Å². The summed E-state index contributed by atoms with van der Waals surface area (Å²) in [5.41, 5.74) is 2.83. The molecule has 2 aromatic carbocycles. The van der Waals surface area contributed by atoms with E-state index >= 15 is 0 Å². The number of rotatable bonds is 3. The second-order valence-corrected chi connectivity index (χ2v) is 5.12. The highest BCUT2D eigenvalue weighted by molar-refractivity contribution is 6.31. The highest BCUT2D eigenvalue weighted by atomic mass is 35.5. The minimum atomic E-state index is -1.03. The Balaban J connectivity index is 2.59. The molecule has 0 amide bonds. The van der Waals surface area contributed by atoms with Gasteiger partial charge in [-0.2, -0.15) is 0 Å². The maximum absolute atomic E-state index is 13.5. The van der Waals surface area contributed by atoms with E-state index < -0.39 is 11.9 Å². The van der Waals surface area contributed by atoms with E-state index in [4.69, 9.17) is 16.3 Å². The minimum absolute atomic E-state index is 0.0676. The van der Waals surface area contributed by atoms with Crippen LogP contribution in [-0.2, 0) is 0 Å². The standard InChI is InChI=1S/C16H16ClFO2/c1-9-7-10(2)14(13(8-9)20-3)16(19)11-5-4-6-12(18)15(11)17/h4-8,16,19H,1-3H3. The van der Waals surface area contributed by atoms with Gasteiger partial charge in [-0.25, -0.2) is 4.39 Å². The summed E-state index contributed by atoms with van der Waals surface area (Å²) >= 11 is 5.94. The van der Waals surface area contributed by atoms with Crippen molar-refractivity contribution in [1.29, 1.82) is 0 Å². The van der Waals surface area contributed by atoms with Crippen molar-refractivity contribution >= 4 is 11.6 Å². The number of ether oxygens (including phenoxy) is 1. The first-order valence-corrected chi connectivity index (χ1v) is 6.60. The largest absolute Gasteiger partial charge is 0.496 e. The van der Waals surface area contributed by atoms with Gasteiger partial charge in [-0.05, 0) is 37.1 Å². The number of methoxy groups -OCH3 is 1. The molecule has 0 saturated carbocycles. The smallest absolute Gasteiger partial charge is 0.142 e. The van der Waals surface area contributed by atoms with Crippen LogP contribution in [0.4, 0.5) is 4.39 Å². The van der Waals surface area contributed by atoms with Crippen molar-refractivity contribution in [2.45, 2.75) is 20.0 Å². The van der Waals surface area contributed by atoms with Gasteiger partial charge in [0.2, 0.25) is 0 Å².